The molecule has 11 aromatic carbocycles. The maximum absolute atomic E-state index is 6.53. The van der Waals surface area contributed by atoms with Gasteiger partial charge in [-0.05, 0) is 130 Å². The lowest BCUT2D eigenvalue weighted by Crippen LogP contribution is -2.16. The number of fused-ring (bicyclic) bond motifs is 13. The number of benzene rings is 11. The molecular formula is C76H53N7. The van der Waals surface area contributed by atoms with Crippen molar-refractivity contribution in [2.75, 3.05) is 0 Å². The Labute approximate surface area is 478 Å². The number of rotatable bonds is 7. The number of aromatic nitrogens is 7. The van der Waals surface area contributed by atoms with Crippen LogP contribution in [-0.4, -0.2) is 32.8 Å². The third kappa shape index (κ3) is 6.85. The van der Waals surface area contributed by atoms with Crippen LogP contribution in [0.5, 0.6) is 0 Å². The van der Waals surface area contributed by atoms with Crippen LogP contribution in [-0.2, 0) is 0 Å². The predicted molar refractivity (Wildman–Crippen MR) is 346 cm³/mol. The minimum absolute atomic E-state index is 0.790. The van der Waals surface area contributed by atoms with E-state index in [0.717, 1.165) is 128 Å². The number of hydrogen-bond acceptors (Lipinski definition) is 2. The minimum atomic E-state index is 0.790. The lowest BCUT2D eigenvalue weighted by molar-refractivity contribution is 0.960. The quantitative estimate of drug-likeness (QED) is 0.160. The van der Waals surface area contributed by atoms with Crippen LogP contribution in [0.15, 0.2) is 249 Å². The fraction of sp³-hybridized carbons (Fsp3) is 0.0526. The molecule has 7 heteroatoms. The third-order valence-electron chi connectivity index (χ3n) is 17.3. The molecule has 7 nitrogen and oxygen atoms in total. The molecule has 0 atom stereocenters. The summed E-state index contributed by atoms with van der Waals surface area (Å²) in [5, 5.41) is 9.32. The molecule has 0 bridgehead atoms. The minimum Gasteiger partial charge on any atom is -0.305 e. The second-order valence-electron chi connectivity index (χ2n) is 22.5. The normalized spacial score (nSPS) is 12.1. The van der Waals surface area contributed by atoms with Crippen molar-refractivity contribution >= 4 is 98.3 Å². The van der Waals surface area contributed by atoms with Gasteiger partial charge in [0.15, 0.2) is 11.6 Å². The van der Waals surface area contributed by atoms with Gasteiger partial charge < -0.3 is 9.13 Å². The van der Waals surface area contributed by atoms with Gasteiger partial charge in [-0.2, -0.15) is 0 Å². The van der Waals surface area contributed by atoms with Crippen LogP contribution in [0.2, 0.25) is 0 Å². The van der Waals surface area contributed by atoms with Gasteiger partial charge in [-0.25, -0.2) is 9.97 Å². The molecule has 0 aliphatic rings. The van der Waals surface area contributed by atoms with Gasteiger partial charge in [0.2, 0.25) is 0 Å². The smallest absolute Gasteiger partial charge is 0.165 e. The lowest BCUT2D eigenvalue weighted by atomic mass is 9.95. The van der Waals surface area contributed by atoms with Gasteiger partial charge in [-0.1, -0.05) is 174 Å². The van der Waals surface area contributed by atoms with Gasteiger partial charge in [-0.15, -0.1) is 0 Å². The van der Waals surface area contributed by atoms with Crippen LogP contribution in [0.1, 0.15) is 22.3 Å². The van der Waals surface area contributed by atoms with Crippen molar-refractivity contribution in [2.24, 2.45) is 0 Å². The van der Waals surface area contributed by atoms with Crippen molar-refractivity contribution in [1.29, 1.82) is 0 Å². The van der Waals surface area contributed by atoms with Crippen molar-refractivity contribution in [1.82, 2.24) is 32.8 Å². The van der Waals surface area contributed by atoms with E-state index in [1.54, 1.807) is 0 Å². The number of nitrogens with zero attached hydrogens (tertiary/aromatic N) is 7. The topological polar surface area (TPSA) is 50.4 Å². The Morgan fingerprint density at radius 2 is 0.590 bits per heavy atom. The van der Waals surface area contributed by atoms with Crippen LogP contribution in [0.25, 0.3) is 149 Å². The van der Waals surface area contributed by atoms with Gasteiger partial charge in [0.1, 0.15) is 17.2 Å². The Morgan fingerprint density at radius 3 is 1.04 bits per heavy atom. The highest BCUT2D eigenvalue weighted by atomic mass is 15.2. The second kappa shape index (κ2) is 17.9. The second-order valence-corrected chi connectivity index (χ2v) is 22.5. The van der Waals surface area contributed by atoms with Gasteiger partial charge >= 0.3 is 0 Å². The molecule has 0 amide bonds. The Morgan fingerprint density at radius 1 is 0.253 bits per heavy atom. The van der Waals surface area contributed by atoms with E-state index in [9.17, 15) is 0 Å². The highest BCUT2D eigenvalue weighted by Gasteiger charge is 2.34. The molecule has 17 aromatic rings. The van der Waals surface area contributed by atoms with Crippen molar-refractivity contribution in [2.45, 2.75) is 27.7 Å². The highest BCUT2D eigenvalue weighted by Crippen LogP contribution is 2.51. The van der Waals surface area contributed by atoms with Gasteiger partial charge in [0.25, 0.3) is 0 Å². The first-order valence-electron chi connectivity index (χ1n) is 28.6. The molecule has 0 saturated heterocycles. The van der Waals surface area contributed by atoms with Crippen LogP contribution in [0.3, 0.4) is 0 Å². The summed E-state index contributed by atoms with van der Waals surface area (Å²) >= 11 is 0. The van der Waals surface area contributed by atoms with E-state index in [4.69, 9.17) is 9.97 Å². The third-order valence-corrected chi connectivity index (χ3v) is 17.3. The SMILES string of the molecule is Cc1ccc2c(c1)c1ccccc1n2-c1nc(-n2c3ccccc3c3cc(C)ccc32)c(-n2c3ccccc3c3cc(C)ccc32)c(-c2ccccc2-c2nc3ccccc3n2-c2ccccc2)c1-n1c2ccccc2c2cc(C)ccc21. The van der Waals surface area contributed by atoms with E-state index < -0.39 is 0 Å². The van der Waals surface area contributed by atoms with E-state index in [0.29, 0.717) is 0 Å². The summed E-state index contributed by atoms with van der Waals surface area (Å²) in [7, 11) is 0. The first-order valence-corrected chi connectivity index (χ1v) is 28.6. The summed E-state index contributed by atoms with van der Waals surface area (Å²) in [6, 6.07) is 91.4. The molecule has 0 unspecified atom stereocenters. The summed E-state index contributed by atoms with van der Waals surface area (Å²) in [4.78, 5) is 12.2. The number of para-hydroxylation sites is 7. The average Bonchev–Trinajstić information content (AvgIpc) is 1.87. The van der Waals surface area contributed by atoms with Crippen LogP contribution >= 0.6 is 0 Å². The molecule has 0 aliphatic carbocycles. The molecule has 0 aliphatic heterocycles. The van der Waals surface area contributed by atoms with Crippen molar-refractivity contribution in [3.8, 4) is 51.2 Å². The fourth-order valence-corrected chi connectivity index (χ4v) is 13.8. The molecule has 0 radical (unpaired) electrons. The number of pyridine rings is 1. The van der Waals surface area contributed by atoms with E-state index in [2.05, 4.69) is 299 Å². The molecule has 0 spiro atoms. The van der Waals surface area contributed by atoms with Crippen molar-refractivity contribution in [3.05, 3.63) is 271 Å². The van der Waals surface area contributed by atoms with Gasteiger partial charge in [-0.3, -0.25) is 13.7 Å². The number of aryl methyl sites for hydroxylation is 4. The Balaban J connectivity index is 1.20. The summed E-state index contributed by atoms with van der Waals surface area (Å²) in [5.41, 5.74) is 21.2. The van der Waals surface area contributed by atoms with Crippen LogP contribution in [0.4, 0.5) is 0 Å². The van der Waals surface area contributed by atoms with Gasteiger partial charge in [0, 0.05) is 59.9 Å². The van der Waals surface area contributed by atoms with E-state index in [1.165, 1.54) is 43.8 Å². The maximum atomic E-state index is 6.53. The largest absolute Gasteiger partial charge is 0.305 e. The summed E-state index contributed by atoms with van der Waals surface area (Å²) in [5.74, 6) is 2.41. The standard InChI is InChI=1S/C76H53N7/c1-46-34-38-66-57(42-46)51-22-10-15-29-62(51)80(66)72-71(55-26-8-9-27-56(55)74-77-61-28-14-19-33-70(61)79(74)50-20-6-5-7-21-50)73(81-63-30-16-11-23-52(63)58-43-47(2)35-39-67(58)81)76(83-65-32-18-13-25-54(65)60-45-49(4)37-41-69(60)83)78-75(72)82-64-31-17-12-24-53(64)59-44-48(3)36-40-68(59)82/h5-45H,1-4H3. The Bertz CT molecular complexity index is 5300. The molecule has 392 valence electrons. The van der Waals surface area contributed by atoms with E-state index >= 15 is 0 Å². The van der Waals surface area contributed by atoms with Crippen LogP contribution < -0.4 is 0 Å². The highest BCUT2D eigenvalue weighted by molar-refractivity contribution is 6.16. The maximum Gasteiger partial charge on any atom is 0.165 e. The summed E-state index contributed by atoms with van der Waals surface area (Å²) in [6.07, 6.45) is 0. The zero-order chi connectivity index (χ0) is 55.2. The molecule has 6 aromatic heterocycles. The molecule has 0 N–H and O–H groups in total. The first kappa shape index (κ1) is 47.1. The lowest BCUT2D eigenvalue weighted by Gasteiger charge is -2.27. The van der Waals surface area contributed by atoms with E-state index in [1.807, 2.05) is 0 Å². The molecule has 0 saturated carbocycles. The summed E-state index contributed by atoms with van der Waals surface area (Å²) in [6.45, 7) is 8.78. The molecule has 17 rings (SSSR count). The van der Waals surface area contributed by atoms with Crippen LogP contribution in [0, 0.1) is 27.7 Å². The average molecular weight is 1060 g/mol. The predicted octanol–water partition coefficient (Wildman–Crippen LogP) is 19.4. The monoisotopic (exact) mass is 1060 g/mol. The zero-order valence-electron chi connectivity index (χ0n) is 46.3. The molecule has 0 fully saturated rings. The number of hydrogen-bond donors (Lipinski definition) is 0. The van der Waals surface area contributed by atoms with Gasteiger partial charge in [0.05, 0.1) is 55.2 Å². The molecular weight excluding hydrogens is 1010 g/mol. The zero-order valence-corrected chi connectivity index (χ0v) is 46.3. The van der Waals surface area contributed by atoms with E-state index in [-0.39, 0.29) is 0 Å². The Kier molecular flexibility index (Phi) is 10.1. The molecule has 83 heavy (non-hydrogen) atoms. The fourth-order valence-electron chi connectivity index (χ4n) is 13.8. The van der Waals surface area contributed by atoms with Crippen molar-refractivity contribution < 1.29 is 0 Å². The molecule has 6 heterocycles. The first-order chi connectivity index (χ1) is 40.9. The Hall–Kier alpha value is -10.8. The summed E-state index contributed by atoms with van der Waals surface area (Å²) < 4.78 is 12.3. The number of imidazole rings is 1. The van der Waals surface area contributed by atoms with Crippen molar-refractivity contribution in [3.63, 3.8) is 0 Å².